The molecule has 2 N–H and O–H groups in total. The van der Waals surface area contributed by atoms with E-state index < -0.39 is 0 Å². The Kier molecular flexibility index (Phi) is 8.47. The number of hydrogen-bond donors (Lipinski definition) is 2. The third-order valence-corrected chi connectivity index (χ3v) is 3.05. The molecule has 5 heteroatoms. The van der Waals surface area contributed by atoms with Crippen LogP contribution in [0.15, 0.2) is 24.3 Å². The van der Waals surface area contributed by atoms with Gasteiger partial charge in [0.2, 0.25) is 5.91 Å². The molecule has 0 fully saturated rings. The van der Waals surface area contributed by atoms with E-state index in [0.717, 1.165) is 24.3 Å². The first-order valence-corrected chi connectivity index (χ1v) is 7.39. The highest BCUT2D eigenvalue weighted by Gasteiger charge is 2.07. The number of nitrogens with one attached hydrogen (secondary N) is 2. The first-order valence-electron chi connectivity index (χ1n) is 7.39. The van der Waals surface area contributed by atoms with Crippen LogP contribution in [-0.2, 0) is 9.53 Å². The van der Waals surface area contributed by atoms with E-state index in [1.165, 1.54) is 0 Å². The highest BCUT2D eigenvalue weighted by Crippen LogP contribution is 2.17. The van der Waals surface area contributed by atoms with Crippen LogP contribution in [0.5, 0.6) is 5.75 Å². The van der Waals surface area contributed by atoms with Crippen molar-refractivity contribution in [2.24, 2.45) is 0 Å². The topological polar surface area (TPSA) is 59.6 Å². The van der Waals surface area contributed by atoms with Crippen LogP contribution < -0.4 is 15.4 Å². The van der Waals surface area contributed by atoms with Gasteiger partial charge >= 0.3 is 0 Å². The molecule has 0 radical (unpaired) electrons. The second-order valence-corrected chi connectivity index (χ2v) is 4.86. The molecule has 0 saturated carbocycles. The van der Waals surface area contributed by atoms with Gasteiger partial charge in [-0.25, -0.2) is 0 Å². The lowest BCUT2D eigenvalue weighted by atomic mass is 10.1. The van der Waals surface area contributed by atoms with Crippen LogP contribution in [0.1, 0.15) is 31.9 Å². The molecule has 5 nitrogen and oxygen atoms in total. The minimum absolute atomic E-state index is 0.0261. The second kappa shape index (κ2) is 10.2. The maximum atomic E-state index is 11.6. The molecule has 0 saturated heterocycles. The molecular weight excluding hydrogens is 268 g/mol. The van der Waals surface area contributed by atoms with E-state index >= 15 is 0 Å². The van der Waals surface area contributed by atoms with Crippen molar-refractivity contribution in [3.63, 3.8) is 0 Å². The molecule has 1 unspecified atom stereocenters. The lowest BCUT2D eigenvalue weighted by Gasteiger charge is -2.15. The number of benzene rings is 1. The van der Waals surface area contributed by atoms with Gasteiger partial charge < -0.3 is 20.1 Å². The summed E-state index contributed by atoms with van der Waals surface area (Å²) in [6, 6.07) is 8.07. The number of ether oxygens (including phenoxy) is 2. The van der Waals surface area contributed by atoms with Crippen LogP contribution >= 0.6 is 0 Å². The van der Waals surface area contributed by atoms with Gasteiger partial charge in [0.25, 0.3) is 0 Å². The molecule has 1 aromatic carbocycles. The Labute approximate surface area is 127 Å². The van der Waals surface area contributed by atoms with Crippen molar-refractivity contribution in [2.45, 2.75) is 26.3 Å². The van der Waals surface area contributed by atoms with Gasteiger partial charge in [0.05, 0.1) is 19.8 Å². The molecule has 118 valence electrons. The summed E-state index contributed by atoms with van der Waals surface area (Å²) in [6.07, 6.45) is 0.998. The average molecular weight is 294 g/mol. The minimum Gasteiger partial charge on any atom is -0.494 e. The molecule has 0 spiro atoms. The fourth-order valence-electron chi connectivity index (χ4n) is 1.79. The maximum absolute atomic E-state index is 11.6. The lowest BCUT2D eigenvalue weighted by Crippen LogP contribution is -2.36. The first kappa shape index (κ1) is 17.5. The molecule has 0 bridgehead atoms. The van der Waals surface area contributed by atoms with Crippen molar-refractivity contribution in [3.8, 4) is 5.75 Å². The van der Waals surface area contributed by atoms with Gasteiger partial charge in [-0.3, -0.25) is 4.79 Å². The van der Waals surface area contributed by atoms with E-state index in [0.29, 0.717) is 19.7 Å². The van der Waals surface area contributed by atoms with Crippen molar-refractivity contribution in [3.05, 3.63) is 29.8 Å². The molecule has 1 aromatic rings. The second-order valence-electron chi connectivity index (χ2n) is 4.86. The van der Waals surface area contributed by atoms with E-state index in [-0.39, 0.29) is 11.9 Å². The molecule has 1 amide bonds. The van der Waals surface area contributed by atoms with Gasteiger partial charge in [-0.1, -0.05) is 19.1 Å². The molecule has 0 heterocycles. The van der Waals surface area contributed by atoms with E-state index in [9.17, 15) is 4.79 Å². The quantitative estimate of drug-likeness (QED) is 0.647. The summed E-state index contributed by atoms with van der Waals surface area (Å²) < 4.78 is 10.4. The van der Waals surface area contributed by atoms with Crippen molar-refractivity contribution in [1.29, 1.82) is 0 Å². The summed E-state index contributed by atoms with van der Waals surface area (Å²) in [4.78, 5) is 11.6. The highest BCUT2D eigenvalue weighted by atomic mass is 16.5. The Bertz CT molecular complexity index is 406. The summed E-state index contributed by atoms with van der Waals surface area (Å²) >= 11 is 0. The molecule has 1 rings (SSSR count). The normalized spacial score (nSPS) is 12.0. The third kappa shape index (κ3) is 7.11. The number of methoxy groups -OCH3 is 1. The molecule has 0 aliphatic carbocycles. The van der Waals surface area contributed by atoms with Crippen LogP contribution in [0.4, 0.5) is 0 Å². The average Bonchev–Trinajstić information content (AvgIpc) is 2.51. The zero-order valence-electron chi connectivity index (χ0n) is 13.1. The van der Waals surface area contributed by atoms with Gasteiger partial charge in [-0.05, 0) is 31.0 Å². The fraction of sp³-hybridized carbons (Fsp3) is 0.562. The molecular formula is C16H26N2O3. The monoisotopic (exact) mass is 294 g/mol. The summed E-state index contributed by atoms with van der Waals surface area (Å²) in [5, 5.41) is 5.97. The largest absolute Gasteiger partial charge is 0.494 e. The number of carbonyl (C=O) groups excluding carboxylic acids is 1. The smallest absolute Gasteiger partial charge is 0.234 e. The first-order chi connectivity index (χ1) is 10.2. The standard InChI is InChI=1S/C16H26N2O3/c1-4-10-21-15-7-5-14(6-8-15)13(2)18-12-16(19)17-9-11-20-3/h5-8,13,18H,4,9-12H2,1-3H3,(H,17,19). The van der Waals surface area contributed by atoms with E-state index in [4.69, 9.17) is 9.47 Å². The summed E-state index contributed by atoms with van der Waals surface area (Å²) in [5.41, 5.74) is 1.13. The third-order valence-electron chi connectivity index (χ3n) is 3.05. The summed E-state index contributed by atoms with van der Waals surface area (Å²) in [6.45, 7) is 6.20. The predicted octanol–water partition coefficient (Wildman–Crippen LogP) is 1.89. The summed E-state index contributed by atoms with van der Waals surface area (Å²) in [7, 11) is 1.61. The van der Waals surface area contributed by atoms with E-state index in [1.807, 2.05) is 31.2 Å². The fourth-order valence-corrected chi connectivity index (χ4v) is 1.79. The Morgan fingerprint density at radius 3 is 2.57 bits per heavy atom. The lowest BCUT2D eigenvalue weighted by molar-refractivity contribution is -0.120. The van der Waals surface area contributed by atoms with Crippen LogP contribution in [0.2, 0.25) is 0 Å². The Morgan fingerprint density at radius 1 is 1.24 bits per heavy atom. The number of carbonyl (C=O) groups is 1. The minimum atomic E-state index is -0.0261. The van der Waals surface area contributed by atoms with Gasteiger partial charge in [0, 0.05) is 19.7 Å². The molecule has 0 aliphatic heterocycles. The molecule has 1 atom stereocenters. The number of rotatable bonds is 10. The Morgan fingerprint density at radius 2 is 1.95 bits per heavy atom. The Balaban J connectivity index is 2.34. The number of hydrogen-bond acceptors (Lipinski definition) is 4. The van der Waals surface area contributed by atoms with E-state index in [1.54, 1.807) is 7.11 Å². The molecule has 0 aromatic heterocycles. The summed E-state index contributed by atoms with van der Waals surface area (Å²) in [5.74, 6) is 0.854. The zero-order valence-corrected chi connectivity index (χ0v) is 13.1. The van der Waals surface area contributed by atoms with Crippen molar-refractivity contribution < 1.29 is 14.3 Å². The van der Waals surface area contributed by atoms with E-state index in [2.05, 4.69) is 17.6 Å². The Hall–Kier alpha value is -1.59. The van der Waals surface area contributed by atoms with Crippen molar-refractivity contribution in [2.75, 3.05) is 33.4 Å². The maximum Gasteiger partial charge on any atom is 0.234 e. The van der Waals surface area contributed by atoms with Crippen molar-refractivity contribution >= 4 is 5.91 Å². The van der Waals surface area contributed by atoms with Gasteiger partial charge in [0.15, 0.2) is 0 Å². The van der Waals surface area contributed by atoms with Crippen LogP contribution in [0.3, 0.4) is 0 Å². The molecule has 0 aliphatic rings. The van der Waals surface area contributed by atoms with Crippen molar-refractivity contribution in [1.82, 2.24) is 10.6 Å². The SMILES string of the molecule is CCCOc1ccc(C(C)NCC(=O)NCCOC)cc1. The van der Waals surface area contributed by atoms with Gasteiger partial charge in [-0.2, -0.15) is 0 Å². The molecule has 21 heavy (non-hydrogen) atoms. The van der Waals surface area contributed by atoms with Gasteiger partial charge in [-0.15, -0.1) is 0 Å². The number of amides is 1. The van der Waals surface area contributed by atoms with Crippen LogP contribution in [0, 0.1) is 0 Å². The van der Waals surface area contributed by atoms with Crippen LogP contribution in [-0.4, -0.2) is 39.3 Å². The zero-order chi connectivity index (χ0) is 15.5. The highest BCUT2D eigenvalue weighted by molar-refractivity contribution is 5.78. The predicted molar refractivity (Wildman–Crippen MR) is 83.5 cm³/mol. The van der Waals surface area contributed by atoms with Crippen LogP contribution in [0.25, 0.3) is 0 Å². The van der Waals surface area contributed by atoms with Gasteiger partial charge in [0.1, 0.15) is 5.75 Å².